The third-order valence-corrected chi connectivity index (χ3v) is 6.09. The zero-order chi connectivity index (χ0) is 22.7. The molecule has 0 fully saturated rings. The van der Waals surface area contributed by atoms with Gasteiger partial charge >= 0.3 is 31.1 Å². The lowest BCUT2D eigenvalue weighted by Crippen LogP contribution is -2.45. The lowest BCUT2D eigenvalue weighted by Gasteiger charge is -2.16. The number of halogens is 6. The Hall–Kier alpha value is -2.26. The van der Waals surface area contributed by atoms with Gasteiger partial charge in [0.05, 0.1) is 0 Å². The molecule has 2 heterocycles. The van der Waals surface area contributed by atoms with Gasteiger partial charge in [0.2, 0.25) is 0 Å². The van der Waals surface area contributed by atoms with Crippen LogP contribution in [0, 0.1) is 0 Å². The van der Waals surface area contributed by atoms with Gasteiger partial charge in [0.15, 0.2) is 0 Å². The minimum Gasteiger partial charge on any atom is -0.357 e. The second kappa shape index (κ2) is 8.62. The van der Waals surface area contributed by atoms with Gasteiger partial charge in [0.1, 0.15) is 0 Å². The van der Waals surface area contributed by atoms with Gasteiger partial charge < -0.3 is 9.80 Å². The SMILES string of the molecule is CN1C=CC(=C2C=CN(C)C=C2)C=C1.O=S(=O)(NS(=O)(=O)C(F)(F)F)C(F)(F)F. The summed E-state index contributed by atoms with van der Waals surface area (Å²) < 4.78 is 108. The van der Waals surface area contributed by atoms with Crippen molar-refractivity contribution in [1.29, 1.82) is 0 Å². The monoisotopic (exact) mass is 467 g/mol. The van der Waals surface area contributed by atoms with Crippen LogP contribution in [0.15, 0.2) is 60.3 Å². The highest BCUT2D eigenvalue weighted by molar-refractivity contribution is 8.05. The Bertz CT molecular complexity index is 864. The Morgan fingerprint density at radius 1 is 0.655 bits per heavy atom. The summed E-state index contributed by atoms with van der Waals surface area (Å²) in [5.41, 5.74) is -9.79. The molecule has 0 aromatic rings. The van der Waals surface area contributed by atoms with Crippen LogP contribution in [-0.2, 0) is 20.0 Å². The predicted molar refractivity (Wildman–Crippen MR) is 92.2 cm³/mol. The molecule has 7 nitrogen and oxygen atoms in total. The molecule has 0 saturated carbocycles. The van der Waals surface area contributed by atoms with E-state index in [-0.39, 0.29) is 0 Å². The smallest absolute Gasteiger partial charge is 0.357 e. The first-order chi connectivity index (χ1) is 13.0. The molecule has 0 unspecified atom stereocenters. The molecule has 0 spiro atoms. The lowest BCUT2D eigenvalue weighted by molar-refractivity contribution is -0.0476. The van der Waals surface area contributed by atoms with Gasteiger partial charge in [-0.3, -0.25) is 0 Å². The van der Waals surface area contributed by atoms with Crippen molar-refractivity contribution in [2.24, 2.45) is 0 Å². The van der Waals surface area contributed by atoms with Crippen LogP contribution in [0.25, 0.3) is 0 Å². The average molecular weight is 467 g/mol. The first-order valence-electron chi connectivity index (χ1n) is 7.28. The molecule has 2 rings (SSSR count). The van der Waals surface area contributed by atoms with E-state index >= 15 is 0 Å². The third-order valence-electron chi connectivity index (χ3n) is 3.12. The third kappa shape index (κ3) is 6.93. The summed E-state index contributed by atoms with van der Waals surface area (Å²) in [5.74, 6) is 0. The van der Waals surface area contributed by atoms with Crippen LogP contribution >= 0.6 is 0 Å². The minimum absolute atomic E-state index is 0.493. The molecule has 2 aliphatic heterocycles. The normalized spacial score (nSPS) is 17.5. The number of rotatable bonds is 2. The number of nitrogens with zero attached hydrogens (tertiary/aromatic N) is 2. The summed E-state index contributed by atoms with van der Waals surface area (Å²) in [4.78, 5) is 4.07. The number of allylic oxidation sites excluding steroid dienone is 6. The van der Waals surface area contributed by atoms with E-state index in [0.717, 1.165) is 0 Å². The molecule has 0 aromatic heterocycles. The molecule has 0 amide bonds. The molecular formula is C14H15F6N3O4S2. The maximum absolute atomic E-state index is 11.5. The van der Waals surface area contributed by atoms with E-state index in [9.17, 15) is 43.2 Å². The van der Waals surface area contributed by atoms with Crippen LogP contribution in [0.2, 0.25) is 0 Å². The van der Waals surface area contributed by atoms with Crippen LogP contribution in [0.1, 0.15) is 0 Å². The Kier molecular flexibility index (Phi) is 7.37. The van der Waals surface area contributed by atoms with Crippen LogP contribution in [-0.4, -0.2) is 51.7 Å². The Labute approximate surface area is 163 Å². The van der Waals surface area contributed by atoms with Gasteiger partial charge in [0, 0.05) is 38.9 Å². The van der Waals surface area contributed by atoms with E-state index < -0.39 is 35.2 Å². The number of alkyl halides is 6. The van der Waals surface area contributed by atoms with Crippen molar-refractivity contribution in [1.82, 2.24) is 13.9 Å². The van der Waals surface area contributed by atoms with Gasteiger partial charge in [-0.25, -0.2) is 16.8 Å². The molecule has 1 N–H and O–H groups in total. The summed E-state index contributed by atoms with van der Waals surface area (Å²) in [7, 11) is -9.15. The van der Waals surface area contributed by atoms with Crippen LogP contribution in [0.4, 0.5) is 26.3 Å². The molecule has 0 atom stereocenters. The lowest BCUT2D eigenvalue weighted by atomic mass is 10.1. The predicted octanol–water partition coefficient (Wildman–Crippen LogP) is 2.50. The highest BCUT2D eigenvalue weighted by atomic mass is 32.3. The van der Waals surface area contributed by atoms with E-state index in [1.54, 1.807) is 0 Å². The summed E-state index contributed by atoms with van der Waals surface area (Å²) in [6, 6.07) is 0. The molecule has 0 bridgehead atoms. The molecule has 0 aliphatic carbocycles. The molecule has 164 valence electrons. The van der Waals surface area contributed by atoms with Crippen molar-refractivity contribution in [3.63, 3.8) is 0 Å². The molecule has 29 heavy (non-hydrogen) atoms. The highest BCUT2D eigenvalue weighted by Crippen LogP contribution is 2.27. The van der Waals surface area contributed by atoms with Crippen molar-refractivity contribution < 1.29 is 43.2 Å². The number of sulfonamides is 2. The van der Waals surface area contributed by atoms with Gasteiger partial charge in [-0.1, -0.05) is 4.13 Å². The largest absolute Gasteiger partial charge is 0.512 e. The van der Waals surface area contributed by atoms with E-state index in [0.29, 0.717) is 0 Å². The molecule has 0 aromatic carbocycles. The van der Waals surface area contributed by atoms with Crippen molar-refractivity contribution in [2.75, 3.05) is 14.1 Å². The standard InChI is InChI=1S/C12H14N2.C2HF6NO4S2/c1-13-7-3-11(4-8-13)12-5-9-14(2)10-6-12;3-1(4,5)14(10,11)9-15(12,13)2(6,7)8/h3-10H,1-2H3;9H. The van der Waals surface area contributed by atoms with Gasteiger partial charge in [-0.05, 0) is 35.5 Å². The molecule has 0 saturated heterocycles. The van der Waals surface area contributed by atoms with Crippen molar-refractivity contribution in [2.45, 2.75) is 11.0 Å². The molecule has 0 radical (unpaired) electrons. The van der Waals surface area contributed by atoms with Crippen molar-refractivity contribution in [3.05, 3.63) is 60.3 Å². The summed E-state index contributed by atoms with van der Waals surface area (Å²) in [6.45, 7) is 0. The zero-order valence-corrected chi connectivity index (χ0v) is 16.4. The maximum atomic E-state index is 11.5. The molecule has 2 aliphatic rings. The number of hydrogen-bond donors (Lipinski definition) is 1. The maximum Gasteiger partial charge on any atom is 0.512 e. The topological polar surface area (TPSA) is 86.8 Å². The Balaban J connectivity index is 0.000000290. The first-order valence-corrected chi connectivity index (χ1v) is 10.2. The van der Waals surface area contributed by atoms with Crippen LogP contribution in [0.3, 0.4) is 0 Å². The Morgan fingerprint density at radius 2 is 0.897 bits per heavy atom. The van der Waals surface area contributed by atoms with Gasteiger partial charge in [-0.15, -0.1) is 0 Å². The van der Waals surface area contributed by atoms with E-state index in [1.165, 1.54) is 11.1 Å². The fourth-order valence-corrected chi connectivity index (χ4v) is 3.54. The van der Waals surface area contributed by atoms with Crippen LogP contribution < -0.4 is 4.13 Å². The van der Waals surface area contributed by atoms with E-state index in [1.807, 2.05) is 23.9 Å². The van der Waals surface area contributed by atoms with E-state index in [2.05, 4.69) is 49.1 Å². The zero-order valence-electron chi connectivity index (χ0n) is 14.7. The van der Waals surface area contributed by atoms with Gasteiger partial charge in [-0.2, -0.15) is 26.3 Å². The number of hydrogen-bond acceptors (Lipinski definition) is 6. The highest BCUT2D eigenvalue weighted by Gasteiger charge is 2.55. The summed E-state index contributed by atoms with van der Waals surface area (Å²) >= 11 is 0. The summed E-state index contributed by atoms with van der Waals surface area (Å²) in [6.07, 6.45) is 16.7. The second-order valence-electron chi connectivity index (χ2n) is 5.49. The Morgan fingerprint density at radius 3 is 1.10 bits per heavy atom. The number of nitrogens with one attached hydrogen (secondary N) is 1. The quantitative estimate of drug-likeness (QED) is 0.629. The fourth-order valence-electron chi connectivity index (χ4n) is 1.63. The van der Waals surface area contributed by atoms with Crippen molar-refractivity contribution >= 4 is 20.0 Å². The minimum atomic E-state index is -6.60. The fraction of sp³-hybridized carbons (Fsp3) is 0.286. The second-order valence-corrected chi connectivity index (χ2v) is 9.09. The van der Waals surface area contributed by atoms with Gasteiger partial charge in [0.25, 0.3) is 0 Å². The molecule has 15 heteroatoms. The van der Waals surface area contributed by atoms with Crippen molar-refractivity contribution in [3.8, 4) is 0 Å². The summed E-state index contributed by atoms with van der Waals surface area (Å²) in [5, 5.41) is 0. The first kappa shape index (κ1) is 24.8. The van der Waals surface area contributed by atoms with Crippen LogP contribution in [0.5, 0.6) is 0 Å². The van der Waals surface area contributed by atoms with E-state index in [4.69, 9.17) is 0 Å². The average Bonchev–Trinajstić information content (AvgIpc) is 2.54. The molecular weight excluding hydrogens is 452 g/mol.